The highest BCUT2D eigenvalue weighted by molar-refractivity contribution is 7.07. The van der Waals surface area contributed by atoms with Gasteiger partial charge in [-0.1, -0.05) is 0 Å². The first-order valence-electron chi connectivity index (χ1n) is 5.28. The summed E-state index contributed by atoms with van der Waals surface area (Å²) in [4.78, 5) is 7.30. The summed E-state index contributed by atoms with van der Waals surface area (Å²) in [5.74, 6) is 0. The van der Waals surface area contributed by atoms with Gasteiger partial charge < -0.3 is 4.42 Å². The zero-order valence-corrected chi connectivity index (χ0v) is 11.9. The zero-order chi connectivity index (χ0) is 14.1. The molecule has 0 bridgehead atoms. The summed E-state index contributed by atoms with van der Waals surface area (Å²) >= 11 is 3.06. The molecule has 7 nitrogen and oxygen atoms in total. The highest BCUT2D eigenvalue weighted by Gasteiger charge is 1.60. The van der Waals surface area contributed by atoms with E-state index in [2.05, 4.69) is 34.2 Å². The maximum atomic E-state index is 4.47. The van der Waals surface area contributed by atoms with Crippen LogP contribution in [0.15, 0.2) is 70.4 Å². The lowest BCUT2D eigenvalue weighted by Gasteiger charge is -1.48. The maximum absolute atomic E-state index is 4.47. The largest absolute Gasteiger partial charge is 0.452 e. The minimum atomic E-state index is 1.38. The highest BCUT2D eigenvalue weighted by atomic mass is 32.1. The number of aromatic nitrogens is 6. The van der Waals surface area contributed by atoms with Crippen LogP contribution in [-0.4, -0.2) is 29.8 Å². The summed E-state index contributed by atoms with van der Waals surface area (Å²) in [6.07, 6.45) is 11.2. The molecular formula is C11H12N6OS2. The Morgan fingerprint density at radius 2 is 1.80 bits per heavy atom. The number of aromatic amines is 1. The molecule has 4 heterocycles. The molecular weight excluding hydrogens is 296 g/mol. The van der Waals surface area contributed by atoms with Crippen LogP contribution < -0.4 is 0 Å². The summed E-state index contributed by atoms with van der Waals surface area (Å²) in [7, 11) is 0. The summed E-state index contributed by atoms with van der Waals surface area (Å²) in [6, 6.07) is 1.91. The maximum Gasteiger partial charge on any atom is 0.180 e. The number of rotatable bonds is 0. The minimum Gasteiger partial charge on any atom is -0.452 e. The Morgan fingerprint density at radius 3 is 2.00 bits per heavy atom. The molecule has 0 unspecified atom stereocenters. The van der Waals surface area contributed by atoms with Gasteiger partial charge in [0.2, 0.25) is 0 Å². The van der Waals surface area contributed by atoms with Gasteiger partial charge in [-0.05, 0) is 17.6 Å². The summed E-state index contributed by atoms with van der Waals surface area (Å²) < 4.78 is 8.24. The molecule has 0 aliphatic heterocycles. The molecule has 0 saturated carbocycles. The van der Waals surface area contributed by atoms with Crippen LogP contribution in [-0.2, 0) is 0 Å². The lowest BCUT2D eigenvalue weighted by atomic mass is 10.8. The van der Waals surface area contributed by atoms with Crippen molar-refractivity contribution in [1.82, 2.24) is 29.8 Å². The Hall–Kier alpha value is -2.39. The summed E-state index contributed by atoms with van der Waals surface area (Å²) in [6.45, 7) is 0. The predicted molar refractivity (Wildman–Crippen MR) is 77.1 cm³/mol. The van der Waals surface area contributed by atoms with Gasteiger partial charge in [-0.15, -0.1) is 11.3 Å². The standard InChI is InChI=1S/C3H3NO.2C3H3NS.C2H3N3/c2*1-2-5-3-4-1;2*1-2-4-5-3-1/h3*1-3H;1-2H,(H,3,4,5). The molecule has 0 aromatic carbocycles. The molecule has 4 aromatic rings. The average molecular weight is 308 g/mol. The number of oxazole rings is 1. The van der Waals surface area contributed by atoms with Crippen molar-refractivity contribution < 1.29 is 4.42 Å². The van der Waals surface area contributed by atoms with Crippen LogP contribution in [0, 0.1) is 0 Å². The number of H-pyrrole nitrogens is 1. The van der Waals surface area contributed by atoms with E-state index in [9.17, 15) is 0 Å². The number of hydrogen-bond donors (Lipinski definition) is 1. The van der Waals surface area contributed by atoms with E-state index < -0.39 is 0 Å². The molecule has 0 saturated heterocycles. The predicted octanol–water partition coefficient (Wildman–Crippen LogP) is 2.77. The van der Waals surface area contributed by atoms with E-state index in [1.54, 1.807) is 47.8 Å². The molecule has 1 N–H and O–H groups in total. The van der Waals surface area contributed by atoms with Crippen molar-refractivity contribution in [3.63, 3.8) is 0 Å². The van der Waals surface area contributed by atoms with E-state index in [-0.39, 0.29) is 0 Å². The third-order valence-corrected chi connectivity index (χ3v) is 2.42. The van der Waals surface area contributed by atoms with Crippen molar-refractivity contribution in [2.45, 2.75) is 0 Å². The van der Waals surface area contributed by atoms with Gasteiger partial charge in [0.1, 0.15) is 6.26 Å². The normalized spacial score (nSPS) is 8.00. The van der Waals surface area contributed by atoms with Gasteiger partial charge in [-0.2, -0.15) is 15.4 Å². The fraction of sp³-hybridized carbons (Fsp3) is 0. The summed E-state index contributed by atoms with van der Waals surface area (Å²) in [5, 5.41) is 13.2. The van der Waals surface area contributed by atoms with E-state index in [4.69, 9.17) is 0 Å². The van der Waals surface area contributed by atoms with E-state index in [1.165, 1.54) is 24.2 Å². The van der Waals surface area contributed by atoms with Crippen molar-refractivity contribution in [2.24, 2.45) is 0 Å². The average Bonchev–Trinajstić information content (AvgIpc) is 3.40. The first kappa shape index (κ1) is 15.7. The number of nitrogens with zero attached hydrogens (tertiary/aromatic N) is 5. The Labute approximate surface area is 123 Å². The molecule has 0 atom stereocenters. The molecule has 0 spiro atoms. The molecule has 0 aliphatic rings. The molecule has 9 heteroatoms. The van der Waals surface area contributed by atoms with Gasteiger partial charge in [0.25, 0.3) is 0 Å². The Bertz CT molecular complexity index is 362. The SMILES string of the molecule is c1cn[nH]n1.c1cnsc1.c1cocn1.c1cscn1. The second kappa shape index (κ2) is 13.1. The topological polar surface area (TPSA) is 93.4 Å². The van der Waals surface area contributed by atoms with E-state index in [0.29, 0.717) is 0 Å². The number of nitrogens with one attached hydrogen (secondary N) is 1. The Kier molecular flexibility index (Phi) is 10.2. The molecule has 104 valence electrons. The Morgan fingerprint density at radius 1 is 0.900 bits per heavy atom. The molecule has 0 amide bonds. The second-order valence-corrected chi connectivity index (χ2v) is 4.15. The van der Waals surface area contributed by atoms with Gasteiger partial charge in [0, 0.05) is 23.2 Å². The van der Waals surface area contributed by atoms with Crippen molar-refractivity contribution in [1.29, 1.82) is 0 Å². The highest BCUT2D eigenvalue weighted by Crippen LogP contribution is 1.86. The van der Waals surface area contributed by atoms with Crippen LogP contribution in [0.3, 0.4) is 0 Å². The fourth-order valence-electron chi connectivity index (χ4n) is 0.694. The molecule has 20 heavy (non-hydrogen) atoms. The fourth-order valence-corrected chi connectivity index (χ4v) is 1.40. The minimum absolute atomic E-state index is 1.38. The van der Waals surface area contributed by atoms with Crippen molar-refractivity contribution in [2.75, 3.05) is 0 Å². The van der Waals surface area contributed by atoms with Crippen molar-refractivity contribution in [3.05, 3.63) is 66.0 Å². The zero-order valence-electron chi connectivity index (χ0n) is 10.3. The van der Waals surface area contributed by atoms with Gasteiger partial charge in [-0.25, -0.2) is 9.36 Å². The van der Waals surface area contributed by atoms with Crippen molar-refractivity contribution in [3.8, 4) is 0 Å². The van der Waals surface area contributed by atoms with E-state index in [1.807, 2.05) is 16.8 Å². The van der Waals surface area contributed by atoms with E-state index >= 15 is 0 Å². The van der Waals surface area contributed by atoms with Crippen LogP contribution in [0.2, 0.25) is 0 Å². The van der Waals surface area contributed by atoms with Gasteiger partial charge in [0.05, 0.1) is 24.1 Å². The van der Waals surface area contributed by atoms with Gasteiger partial charge in [-0.3, -0.25) is 4.98 Å². The van der Waals surface area contributed by atoms with Gasteiger partial charge >= 0.3 is 0 Å². The monoisotopic (exact) mass is 308 g/mol. The molecule has 0 fully saturated rings. The molecule has 4 aromatic heterocycles. The lowest BCUT2D eigenvalue weighted by molar-refractivity contribution is 0.558. The van der Waals surface area contributed by atoms with Crippen LogP contribution >= 0.6 is 22.9 Å². The van der Waals surface area contributed by atoms with Crippen LogP contribution in [0.1, 0.15) is 0 Å². The van der Waals surface area contributed by atoms with Crippen LogP contribution in [0.25, 0.3) is 0 Å². The van der Waals surface area contributed by atoms with E-state index in [0.717, 1.165) is 0 Å². The number of thiazole rings is 1. The smallest absolute Gasteiger partial charge is 0.180 e. The third kappa shape index (κ3) is 10.7. The third-order valence-electron chi connectivity index (χ3n) is 1.37. The van der Waals surface area contributed by atoms with Crippen LogP contribution in [0.4, 0.5) is 0 Å². The first-order chi connectivity index (χ1) is 10.0. The van der Waals surface area contributed by atoms with Crippen LogP contribution in [0.5, 0.6) is 0 Å². The lowest BCUT2D eigenvalue weighted by Crippen LogP contribution is -1.61. The Balaban J connectivity index is 0.000000133. The second-order valence-electron chi connectivity index (χ2n) is 2.70. The quantitative estimate of drug-likeness (QED) is 0.537. The molecule has 0 radical (unpaired) electrons. The molecule has 0 aliphatic carbocycles. The first-order valence-corrected chi connectivity index (χ1v) is 7.06. The van der Waals surface area contributed by atoms with Gasteiger partial charge in [0.15, 0.2) is 6.39 Å². The summed E-state index contributed by atoms with van der Waals surface area (Å²) in [5.41, 5.74) is 1.79. The van der Waals surface area contributed by atoms with Crippen molar-refractivity contribution >= 4 is 22.9 Å². The molecule has 4 rings (SSSR count). The number of hydrogen-bond acceptors (Lipinski definition) is 8.